The number of amides is 1. The number of carbonyl (C=O) groups is 2. The highest BCUT2D eigenvalue weighted by Gasteiger charge is 2.48. The maximum Gasteiger partial charge on any atom is 0.342 e. The van der Waals surface area contributed by atoms with Crippen LogP contribution in [-0.4, -0.2) is 101 Å². The van der Waals surface area contributed by atoms with E-state index in [0.29, 0.717) is 11.1 Å². The van der Waals surface area contributed by atoms with Crippen LogP contribution in [0.5, 0.6) is 11.5 Å². The molecular weight excluding hydrogens is 562 g/mol. The number of fused-ring (bicyclic) bond motifs is 1. The zero-order chi connectivity index (χ0) is 32.4. The number of aliphatic hydroxyl groups is 3. The average molecular weight is 610 g/mol. The molecule has 43 heavy (non-hydrogen) atoms. The lowest BCUT2D eigenvalue weighted by molar-refractivity contribution is -0.217. The Hall–Kier alpha value is -2.74. The largest absolute Gasteiger partial charge is 0.508 e. The van der Waals surface area contributed by atoms with Crippen molar-refractivity contribution in [1.29, 1.82) is 0 Å². The predicted molar refractivity (Wildman–Crippen MR) is 155 cm³/mol. The van der Waals surface area contributed by atoms with Crippen molar-refractivity contribution in [2.24, 2.45) is 11.3 Å². The number of cyclic esters (lactones) is 1. The van der Waals surface area contributed by atoms with Gasteiger partial charge in [0.2, 0.25) is 0 Å². The van der Waals surface area contributed by atoms with Crippen molar-refractivity contribution in [3.05, 3.63) is 34.9 Å². The quantitative estimate of drug-likeness (QED) is 0.115. The van der Waals surface area contributed by atoms with Crippen LogP contribution in [-0.2, 0) is 30.2 Å². The lowest BCUT2D eigenvalue weighted by Gasteiger charge is -2.48. The molecular formula is C31H47NO11. The van der Waals surface area contributed by atoms with Gasteiger partial charge in [0.05, 0.1) is 24.4 Å². The smallest absolute Gasteiger partial charge is 0.342 e. The molecule has 12 nitrogen and oxygen atoms in total. The number of phenols is 2. The van der Waals surface area contributed by atoms with Gasteiger partial charge in [0.1, 0.15) is 29.3 Å². The van der Waals surface area contributed by atoms with Crippen LogP contribution in [0.3, 0.4) is 0 Å². The van der Waals surface area contributed by atoms with E-state index in [1.807, 2.05) is 13.8 Å². The van der Waals surface area contributed by atoms with Crippen LogP contribution in [0, 0.1) is 18.3 Å². The molecule has 1 aromatic carbocycles. The van der Waals surface area contributed by atoms with Gasteiger partial charge in [-0.15, -0.1) is 6.58 Å². The molecule has 12 heteroatoms. The van der Waals surface area contributed by atoms with Gasteiger partial charge in [0, 0.05) is 50.9 Å². The van der Waals surface area contributed by atoms with Crippen molar-refractivity contribution in [2.45, 2.75) is 109 Å². The highest BCUT2D eigenvalue weighted by Crippen LogP contribution is 2.42. The van der Waals surface area contributed by atoms with Gasteiger partial charge in [-0.05, 0) is 31.4 Å². The van der Waals surface area contributed by atoms with Gasteiger partial charge < -0.3 is 49.8 Å². The third kappa shape index (κ3) is 7.50. The molecule has 2 heterocycles. The van der Waals surface area contributed by atoms with Crippen LogP contribution in [0.15, 0.2) is 18.2 Å². The van der Waals surface area contributed by atoms with Crippen LogP contribution in [0.1, 0.15) is 68.4 Å². The van der Waals surface area contributed by atoms with Gasteiger partial charge in [-0.1, -0.05) is 26.3 Å². The zero-order valence-corrected chi connectivity index (χ0v) is 26.0. The molecule has 0 saturated carbocycles. The minimum atomic E-state index is -1.50. The molecule has 0 aromatic heterocycles. The van der Waals surface area contributed by atoms with E-state index in [9.17, 15) is 35.1 Å². The topological polar surface area (TPSA) is 184 Å². The van der Waals surface area contributed by atoms with E-state index in [-0.39, 0.29) is 42.7 Å². The Balaban J connectivity index is 1.73. The van der Waals surface area contributed by atoms with Crippen LogP contribution in [0.4, 0.5) is 0 Å². The van der Waals surface area contributed by atoms with Crippen molar-refractivity contribution in [1.82, 2.24) is 5.32 Å². The monoisotopic (exact) mass is 609 g/mol. The van der Waals surface area contributed by atoms with E-state index in [1.165, 1.54) is 14.2 Å². The normalized spacial score (nSPS) is 26.8. The van der Waals surface area contributed by atoms with Crippen LogP contribution >= 0.6 is 0 Å². The second-order valence-corrected chi connectivity index (χ2v) is 12.5. The molecule has 0 aliphatic carbocycles. The maximum absolute atomic E-state index is 12.9. The predicted octanol–water partition coefficient (Wildman–Crippen LogP) is 1.85. The number of ether oxygens (including phenoxy) is 4. The highest BCUT2D eigenvalue weighted by molar-refractivity contribution is 5.96. The number of nitrogens with one attached hydrogen (secondary N) is 1. The molecule has 6 N–H and O–H groups in total. The molecule has 0 radical (unpaired) electrons. The Morgan fingerprint density at radius 2 is 1.84 bits per heavy atom. The summed E-state index contributed by atoms with van der Waals surface area (Å²) in [6, 6.07) is 1.10. The average Bonchev–Trinajstić information content (AvgIpc) is 2.94. The van der Waals surface area contributed by atoms with E-state index >= 15 is 0 Å². The summed E-state index contributed by atoms with van der Waals surface area (Å²) in [6.07, 6.45) is -6.89. The minimum Gasteiger partial charge on any atom is -0.508 e. The number of esters is 1. The molecule has 1 amide bonds. The molecule has 1 saturated heterocycles. The Morgan fingerprint density at radius 1 is 1.19 bits per heavy atom. The Kier molecular flexibility index (Phi) is 11.2. The SMILES string of the molecule is C=C(C)C[C@@H](OC)[C@H](O)C(=O)N[C@@H](OC)[C@@H]1C[C@@H](O)C(C)(C)C(CC(O)[C@@H](C)C2Cc3c(C)c(O)cc(O)c3C(=O)O2)O1. The molecule has 9 atom stereocenters. The lowest BCUT2D eigenvalue weighted by Crippen LogP contribution is -2.59. The summed E-state index contributed by atoms with van der Waals surface area (Å²) in [5.41, 5.74) is 0.851. The van der Waals surface area contributed by atoms with Crippen LogP contribution in [0.25, 0.3) is 0 Å². The number of aliphatic hydroxyl groups excluding tert-OH is 3. The molecule has 1 aromatic rings. The first kappa shape index (κ1) is 34.7. The molecule has 0 spiro atoms. The first-order valence-electron chi connectivity index (χ1n) is 14.5. The third-order valence-electron chi connectivity index (χ3n) is 9.02. The van der Waals surface area contributed by atoms with E-state index < -0.39 is 72.2 Å². The summed E-state index contributed by atoms with van der Waals surface area (Å²) < 4.78 is 22.7. The van der Waals surface area contributed by atoms with Gasteiger partial charge in [-0.25, -0.2) is 4.79 Å². The number of rotatable bonds is 12. The number of hydrogen-bond donors (Lipinski definition) is 6. The van der Waals surface area contributed by atoms with E-state index in [1.54, 1.807) is 20.8 Å². The Morgan fingerprint density at radius 3 is 2.42 bits per heavy atom. The molecule has 1 fully saturated rings. The third-order valence-corrected chi connectivity index (χ3v) is 9.02. The Labute approximate surface area is 252 Å². The first-order valence-corrected chi connectivity index (χ1v) is 14.5. The summed E-state index contributed by atoms with van der Waals surface area (Å²) in [5.74, 6) is -2.57. The van der Waals surface area contributed by atoms with Crippen LogP contribution in [0.2, 0.25) is 0 Å². The van der Waals surface area contributed by atoms with Gasteiger partial charge in [-0.3, -0.25) is 4.79 Å². The fraction of sp³-hybridized carbons (Fsp3) is 0.677. The number of aromatic hydroxyl groups is 2. The second kappa shape index (κ2) is 13.9. The van der Waals surface area contributed by atoms with E-state index in [2.05, 4.69) is 11.9 Å². The summed E-state index contributed by atoms with van der Waals surface area (Å²) in [6.45, 7) is 12.6. The van der Waals surface area contributed by atoms with Crippen molar-refractivity contribution in [3.63, 3.8) is 0 Å². The summed E-state index contributed by atoms with van der Waals surface area (Å²) in [7, 11) is 2.76. The first-order chi connectivity index (χ1) is 20.0. The van der Waals surface area contributed by atoms with Crippen molar-refractivity contribution in [2.75, 3.05) is 14.2 Å². The lowest BCUT2D eigenvalue weighted by atomic mass is 9.73. The van der Waals surface area contributed by atoms with Crippen LogP contribution < -0.4 is 5.32 Å². The molecule has 3 unspecified atom stereocenters. The van der Waals surface area contributed by atoms with E-state index in [4.69, 9.17) is 18.9 Å². The number of carbonyl (C=O) groups excluding carboxylic acids is 2. The fourth-order valence-electron chi connectivity index (χ4n) is 5.80. The van der Waals surface area contributed by atoms with Gasteiger partial charge in [-0.2, -0.15) is 0 Å². The van der Waals surface area contributed by atoms with Crippen molar-refractivity contribution < 1.29 is 54.1 Å². The molecule has 242 valence electrons. The number of benzene rings is 1. The summed E-state index contributed by atoms with van der Waals surface area (Å²) in [4.78, 5) is 25.6. The molecule has 0 bridgehead atoms. The standard InChI is InChI=1S/C31H47NO11/c1-14(2)9-22(40-7)27(37)28(38)32-29(41-8)23-13-24(36)31(5,6)25(42-23)12-19(34)16(4)21-10-17-15(3)18(33)11-20(35)26(17)30(39)43-21/h11,16,19,21-25,27,29,33-37H,1,9-10,12-13H2,2-8H3,(H,32,38)/t16-,19?,21?,22-,23+,24-,25?,27+,29+/m1/s1. The second-order valence-electron chi connectivity index (χ2n) is 12.5. The number of hydrogen-bond acceptors (Lipinski definition) is 11. The maximum atomic E-state index is 12.9. The number of methoxy groups -OCH3 is 2. The Bertz CT molecular complexity index is 1180. The van der Waals surface area contributed by atoms with Crippen molar-refractivity contribution in [3.8, 4) is 11.5 Å². The van der Waals surface area contributed by atoms with E-state index in [0.717, 1.165) is 11.6 Å². The van der Waals surface area contributed by atoms with Crippen molar-refractivity contribution >= 4 is 11.9 Å². The highest BCUT2D eigenvalue weighted by atomic mass is 16.6. The molecule has 2 aliphatic heterocycles. The minimum absolute atomic E-state index is 0.00479. The molecule has 3 rings (SSSR count). The van der Waals surface area contributed by atoms with Gasteiger partial charge in [0.15, 0.2) is 12.3 Å². The molecule has 2 aliphatic rings. The van der Waals surface area contributed by atoms with Gasteiger partial charge >= 0.3 is 5.97 Å². The summed E-state index contributed by atoms with van der Waals surface area (Å²) in [5, 5.41) is 56.0. The number of phenolic OH excluding ortho intramolecular Hbond substituents is 2. The fourth-order valence-corrected chi connectivity index (χ4v) is 5.80. The summed E-state index contributed by atoms with van der Waals surface area (Å²) >= 11 is 0. The van der Waals surface area contributed by atoms with Gasteiger partial charge in [0.25, 0.3) is 5.91 Å². The zero-order valence-electron chi connectivity index (χ0n) is 26.0.